The monoisotopic (exact) mass is 341 g/mol. The predicted molar refractivity (Wildman–Crippen MR) is 93.3 cm³/mol. The van der Waals surface area contributed by atoms with Gasteiger partial charge in [-0.05, 0) is 12.5 Å². The third-order valence-corrected chi connectivity index (χ3v) is 3.59. The first-order chi connectivity index (χ1) is 12.2. The number of amides is 1. The molecular weight excluding hydrogens is 322 g/mol. The average molecular weight is 341 g/mol. The second kappa shape index (κ2) is 7.61. The molecule has 25 heavy (non-hydrogen) atoms. The second-order valence-electron chi connectivity index (χ2n) is 5.48. The second-order valence-corrected chi connectivity index (χ2v) is 5.48. The maximum atomic E-state index is 11.9. The Labute approximate surface area is 145 Å². The molecule has 0 fully saturated rings. The topological polar surface area (TPSA) is 96.4 Å². The highest BCUT2D eigenvalue weighted by molar-refractivity contribution is 6.00. The van der Waals surface area contributed by atoms with Gasteiger partial charge in [0.2, 0.25) is 11.9 Å². The Kier molecular flexibility index (Phi) is 5.08. The third kappa shape index (κ3) is 4.23. The molecule has 1 amide bonds. The highest BCUT2D eigenvalue weighted by atomic mass is 16.5. The lowest BCUT2D eigenvalue weighted by molar-refractivity contribution is -0.140. The molecule has 1 aromatic heterocycles. The van der Waals surface area contributed by atoms with Crippen LogP contribution in [0.15, 0.2) is 36.5 Å². The number of esters is 1. The zero-order valence-electron chi connectivity index (χ0n) is 13.9. The van der Waals surface area contributed by atoms with Crippen LogP contribution in [-0.2, 0) is 20.9 Å². The van der Waals surface area contributed by atoms with E-state index in [2.05, 4.69) is 20.6 Å². The quantitative estimate of drug-likeness (QED) is 0.767. The standard InChI is InChI=1S/C17H19N5O3/c1-2-25-15(24)9-19-17-18-8-13-16(21-17)22(11-14(23)20-13)10-12-6-4-3-5-7-12/h3-8H,2,9-11H2,1H3,(H,20,23)(H,18,19,21). The molecular formula is C17H19N5O3. The van der Waals surface area contributed by atoms with E-state index in [1.165, 1.54) is 6.20 Å². The fourth-order valence-electron chi connectivity index (χ4n) is 2.52. The van der Waals surface area contributed by atoms with Crippen LogP contribution >= 0.6 is 0 Å². The molecule has 0 spiro atoms. The van der Waals surface area contributed by atoms with E-state index in [4.69, 9.17) is 4.74 Å². The summed E-state index contributed by atoms with van der Waals surface area (Å²) in [6.07, 6.45) is 1.53. The van der Waals surface area contributed by atoms with Crippen LogP contribution < -0.4 is 15.5 Å². The molecule has 2 N–H and O–H groups in total. The van der Waals surface area contributed by atoms with E-state index < -0.39 is 0 Å². The van der Waals surface area contributed by atoms with Crippen molar-refractivity contribution >= 4 is 29.3 Å². The number of nitrogens with one attached hydrogen (secondary N) is 2. The summed E-state index contributed by atoms with van der Waals surface area (Å²) in [5, 5.41) is 5.60. The smallest absolute Gasteiger partial charge is 0.325 e. The lowest BCUT2D eigenvalue weighted by Gasteiger charge is -2.29. The third-order valence-electron chi connectivity index (χ3n) is 3.59. The normalized spacial score (nSPS) is 13.0. The van der Waals surface area contributed by atoms with Crippen molar-refractivity contribution < 1.29 is 14.3 Å². The zero-order chi connectivity index (χ0) is 17.6. The first kappa shape index (κ1) is 16.7. The molecule has 1 aromatic carbocycles. The molecule has 0 radical (unpaired) electrons. The van der Waals surface area contributed by atoms with Gasteiger partial charge in [-0.1, -0.05) is 30.3 Å². The zero-order valence-corrected chi connectivity index (χ0v) is 13.9. The number of benzene rings is 1. The largest absolute Gasteiger partial charge is 0.465 e. The summed E-state index contributed by atoms with van der Waals surface area (Å²) < 4.78 is 4.87. The van der Waals surface area contributed by atoms with Gasteiger partial charge in [-0.25, -0.2) is 4.98 Å². The molecule has 1 aliphatic rings. The van der Waals surface area contributed by atoms with Crippen molar-refractivity contribution in [3.8, 4) is 0 Å². The van der Waals surface area contributed by atoms with Gasteiger partial charge in [0.05, 0.1) is 19.3 Å². The predicted octanol–water partition coefficient (Wildman–Crippen LogP) is 1.41. The van der Waals surface area contributed by atoms with Crippen LogP contribution in [0.1, 0.15) is 12.5 Å². The molecule has 0 aliphatic carbocycles. The van der Waals surface area contributed by atoms with Gasteiger partial charge >= 0.3 is 5.97 Å². The molecule has 8 heteroatoms. The Morgan fingerprint density at radius 2 is 2.16 bits per heavy atom. The van der Waals surface area contributed by atoms with Crippen LogP contribution in [0.3, 0.4) is 0 Å². The van der Waals surface area contributed by atoms with Gasteiger partial charge in [-0.3, -0.25) is 9.59 Å². The summed E-state index contributed by atoms with van der Waals surface area (Å²) in [4.78, 5) is 33.8. The van der Waals surface area contributed by atoms with Crippen molar-refractivity contribution in [3.63, 3.8) is 0 Å². The van der Waals surface area contributed by atoms with E-state index in [9.17, 15) is 9.59 Å². The number of fused-ring (bicyclic) bond motifs is 1. The molecule has 1 aliphatic heterocycles. The van der Waals surface area contributed by atoms with Crippen molar-refractivity contribution in [2.24, 2.45) is 0 Å². The first-order valence-corrected chi connectivity index (χ1v) is 8.01. The number of hydrogen-bond donors (Lipinski definition) is 2. The number of hydrogen-bond acceptors (Lipinski definition) is 7. The molecule has 0 unspecified atom stereocenters. The van der Waals surface area contributed by atoms with Crippen molar-refractivity contribution in [2.75, 3.05) is 35.2 Å². The van der Waals surface area contributed by atoms with Gasteiger partial charge in [0.15, 0.2) is 5.82 Å². The number of anilines is 3. The fourth-order valence-corrected chi connectivity index (χ4v) is 2.52. The number of carbonyl (C=O) groups is 2. The van der Waals surface area contributed by atoms with E-state index in [1.54, 1.807) is 6.92 Å². The van der Waals surface area contributed by atoms with Gasteiger partial charge in [0.25, 0.3) is 0 Å². The Hall–Kier alpha value is -3.16. The van der Waals surface area contributed by atoms with E-state index in [1.807, 2.05) is 35.2 Å². The Morgan fingerprint density at radius 1 is 1.36 bits per heavy atom. The first-order valence-electron chi connectivity index (χ1n) is 8.01. The van der Waals surface area contributed by atoms with Gasteiger partial charge in [0, 0.05) is 6.54 Å². The Morgan fingerprint density at radius 3 is 2.92 bits per heavy atom. The molecule has 0 saturated heterocycles. The van der Waals surface area contributed by atoms with E-state index in [0.29, 0.717) is 30.6 Å². The summed E-state index contributed by atoms with van der Waals surface area (Å²) in [5.74, 6) is 0.434. The number of ether oxygens (including phenoxy) is 1. The number of carbonyl (C=O) groups excluding carboxylic acids is 2. The van der Waals surface area contributed by atoms with Crippen LogP contribution in [0.4, 0.5) is 17.5 Å². The molecule has 0 bridgehead atoms. The molecule has 2 heterocycles. The van der Waals surface area contributed by atoms with Gasteiger partial charge in [-0.15, -0.1) is 0 Å². The van der Waals surface area contributed by atoms with Gasteiger partial charge < -0.3 is 20.3 Å². The fraction of sp³-hybridized carbons (Fsp3) is 0.294. The lowest BCUT2D eigenvalue weighted by Crippen LogP contribution is -2.38. The van der Waals surface area contributed by atoms with Gasteiger partial charge in [0.1, 0.15) is 12.2 Å². The summed E-state index contributed by atoms with van der Waals surface area (Å²) in [7, 11) is 0. The van der Waals surface area contributed by atoms with Crippen LogP contribution in [0.2, 0.25) is 0 Å². The van der Waals surface area contributed by atoms with E-state index in [-0.39, 0.29) is 25.0 Å². The lowest BCUT2D eigenvalue weighted by atomic mass is 10.2. The highest BCUT2D eigenvalue weighted by Crippen LogP contribution is 2.28. The summed E-state index contributed by atoms with van der Waals surface area (Å²) in [5.41, 5.74) is 1.62. The maximum Gasteiger partial charge on any atom is 0.325 e. The van der Waals surface area contributed by atoms with Crippen molar-refractivity contribution in [2.45, 2.75) is 13.5 Å². The Balaban J connectivity index is 1.78. The number of rotatable bonds is 6. The van der Waals surface area contributed by atoms with Crippen molar-refractivity contribution in [1.82, 2.24) is 9.97 Å². The summed E-state index contributed by atoms with van der Waals surface area (Å²) in [6.45, 7) is 2.81. The van der Waals surface area contributed by atoms with Crippen LogP contribution in [0.5, 0.6) is 0 Å². The summed E-state index contributed by atoms with van der Waals surface area (Å²) in [6, 6.07) is 9.83. The van der Waals surface area contributed by atoms with Crippen LogP contribution in [-0.4, -0.2) is 41.5 Å². The number of aromatic nitrogens is 2. The van der Waals surface area contributed by atoms with E-state index in [0.717, 1.165) is 5.56 Å². The molecule has 130 valence electrons. The molecule has 2 aromatic rings. The maximum absolute atomic E-state index is 11.9. The molecule has 3 rings (SSSR count). The van der Waals surface area contributed by atoms with E-state index >= 15 is 0 Å². The minimum absolute atomic E-state index is 0.0162. The van der Waals surface area contributed by atoms with Crippen molar-refractivity contribution in [1.29, 1.82) is 0 Å². The molecule has 0 saturated carbocycles. The van der Waals surface area contributed by atoms with Crippen molar-refractivity contribution in [3.05, 3.63) is 42.1 Å². The van der Waals surface area contributed by atoms with Crippen LogP contribution in [0, 0.1) is 0 Å². The highest BCUT2D eigenvalue weighted by Gasteiger charge is 2.24. The Bertz CT molecular complexity index is 766. The minimum atomic E-state index is -0.377. The molecule has 8 nitrogen and oxygen atoms in total. The number of nitrogens with zero attached hydrogens (tertiary/aromatic N) is 3. The van der Waals surface area contributed by atoms with Crippen LogP contribution in [0.25, 0.3) is 0 Å². The SMILES string of the molecule is CCOC(=O)CNc1ncc2c(n1)N(Cc1ccccc1)CC(=O)N2. The summed E-state index contributed by atoms with van der Waals surface area (Å²) >= 11 is 0. The average Bonchev–Trinajstić information content (AvgIpc) is 2.61. The minimum Gasteiger partial charge on any atom is -0.465 e. The molecule has 0 atom stereocenters. The van der Waals surface area contributed by atoms with Gasteiger partial charge in [-0.2, -0.15) is 4.98 Å².